The van der Waals surface area contributed by atoms with E-state index in [1.54, 1.807) is 0 Å². The molecule has 0 saturated heterocycles. The Bertz CT molecular complexity index is 258. The lowest BCUT2D eigenvalue weighted by Gasteiger charge is -2.03. The monoisotopic (exact) mass is 165 g/mol. The molecular formula is C8H11N3O. The van der Waals surface area contributed by atoms with Gasteiger partial charge in [-0.1, -0.05) is 18.2 Å². The summed E-state index contributed by atoms with van der Waals surface area (Å²) < 4.78 is 5.22. The largest absolute Gasteiger partial charge is 0.486 e. The van der Waals surface area contributed by atoms with Crippen molar-refractivity contribution in [1.82, 2.24) is 0 Å². The Morgan fingerprint density at radius 3 is 2.58 bits per heavy atom. The molecule has 0 amide bonds. The number of ether oxygens (including phenoxy) is 1. The number of hydrogen-bond acceptors (Lipinski definition) is 3. The van der Waals surface area contributed by atoms with Crippen molar-refractivity contribution >= 4 is 5.84 Å². The molecule has 0 spiro atoms. The molecular weight excluding hydrogens is 154 g/mol. The Morgan fingerprint density at radius 1 is 1.33 bits per heavy atom. The van der Waals surface area contributed by atoms with Gasteiger partial charge in [-0.05, 0) is 12.1 Å². The second-order valence-corrected chi connectivity index (χ2v) is 2.22. The molecule has 0 saturated carbocycles. The van der Waals surface area contributed by atoms with Gasteiger partial charge in [0.15, 0.2) is 5.84 Å². The zero-order valence-corrected chi connectivity index (χ0v) is 6.60. The van der Waals surface area contributed by atoms with Crippen molar-refractivity contribution in [3.05, 3.63) is 30.3 Å². The maximum atomic E-state index is 5.32. The molecule has 0 fully saturated rings. The number of nitrogens with two attached hydrogens (primary N) is 2. The van der Waals surface area contributed by atoms with E-state index in [1.165, 1.54) is 0 Å². The van der Waals surface area contributed by atoms with Crippen LogP contribution < -0.4 is 16.3 Å². The average Bonchev–Trinajstić information content (AvgIpc) is 2.16. The molecule has 0 atom stereocenters. The molecule has 4 heteroatoms. The molecule has 1 aromatic rings. The van der Waals surface area contributed by atoms with Crippen LogP contribution in [0, 0.1) is 0 Å². The lowest BCUT2D eigenvalue weighted by molar-refractivity contribution is 0.375. The van der Waals surface area contributed by atoms with Gasteiger partial charge in [0.1, 0.15) is 12.4 Å². The van der Waals surface area contributed by atoms with Crippen LogP contribution in [0.2, 0.25) is 0 Å². The Hall–Kier alpha value is -1.71. The smallest absolute Gasteiger partial charge is 0.157 e. The highest BCUT2D eigenvalue weighted by molar-refractivity contribution is 5.81. The Kier molecular flexibility index (Phi) is 2.95. The minimum atomic E-state index is 0.223. The third kappa shape index (κ3) is 2.49. The zero-order chi connectivity index (χ0) is 8.81. The number of hydrazone groups is 1. The summed E-state index contributed by atoms with van der Waals surface area (Å²) in [5, 5.41) is 3.27. The predicted molar refractivity (Wildman–Crippen MR) is 47.7 cm³/mol. The van der Waals surface area contributed by atoms with Gasteiger partial charge < -0.3 is 16.3 Å². The molecule has 4 nitrogen and oxygen atoms in total. The molecule has 1 rings (SSSR count). The van der Waals surface area contributed by atoms with Crippen LogP contribution in [0.25, 0.3) is 0 Å². The van der Waals surface area contributed by atoms with E-state index in [-0.39, 0.29) is 12.4 Å². The summed E-state index contributed by atoms with van der Waals surface area (Å²) in [6, 6.07) is 9.34. The van der Waals surface area contributed by atoms with E-state index in [0.29, 0.717) is 0 Å². The van der Waals surface area contributed by atoms with E-state index in [2.05, 4.69) is 5.10 Å². The maximum absolute atomic E-state index is 5.32. The number of para-hydroxylation sites is 1. The second-order valence-electron chi connectivity index (χ2n) is 2.22. The number of amidine groups is 1. The fourth-order valence-corrected chi connectivity index (χ4v) is 0.711. The first-order valence-corrected chi connectivity index (χ1v) is 3.53. The quantitative estimate of drug-likeness (QED) is 0.293. The molecule has 64 valence electrons. The van der Waals surface area contributed by atoms with E-state index < -0.39 is 0 Å². The maximum Gasteiger partial charge on any atom is 0.157 e. The van der Waals surface area contributed by atoms with Gasteiger partial charge >= 0.3 is 0 Å². The Morgan fingerprint density at radius 2 is 2.00 bits per heavy atom. The summed E-state index contributed by atoms with van der Waals surface area (Å²) in [6.45, 7) is 0.223. The van der Waals surface area contributed by atoms with Gasteiger partial charge in [0.25, 0.3) is 0 Å². The number of rotatable bonds is 3. The fourth-order valence-electron chi connectivity index (χ4n) is 0.711. The van der Waals surface area contributed by atoms with Gasteiger partial charge in [-0.2, -0.15) is 5.10 Å². The summed E-state index contributed by atoms with van der Waals surface area (Å²) in [7, 11) is 0. The van der Waals surface area contributed by atoms with E-state index in [4.69, 9.17) is 16.3 Å². The standard InChI is InChI=1S/C8H11N3O/c9-8(11-10)6-12-7-4-2-1-3-5-7/h1-5H,6,10H2,(H2,9,11). The van der Waals surface area contributed by atoms with Crippen LogP contribution in [0.3, 0.4) is 0 Å². The number of hydrogen-bond donors (Lipinski definition) is 2. The van der Waals surface area contributed by atoms with Gasteiger partial charge in [0.05, 0.1) is 0 Å². The van der Waals surface area contributed by atoms with Crippen LogP contribution in [0.1, 0.15) is 0 Å². The molecule has 0 radical (unpaired) electrons. The molecule has 0 bridgehead atoms. The average molecular weight is 165 g/mol. The highest BCUT2D eigenvalue weighted by Crippen LogP contribution is 2.07. The first kappa shape index (κ1) is 8.39. The third-order valence-corrected chi connectivity index (χ3v) is 1.30. The van der Waals surface area contributed by atoms with Crippen molar-refractivity contribution in [3.8, 4) is 5.75 Å². The minimum Gasteiger partial charge on any atom is -0.486 e. The lowest BCUT2D eigenvalue weighted by atomic mass is 10.3. The van der Waals surface area contributed by atoms with Crippen molar-refractivity contribution in [2.75, 3.05) is 6.61 Å². The first-order valence-electron chi connectivity index (χ1n) is 3.53. The van der Waals surface area contributed by atoms with Crippen molar-refractivity contribution in [3.63, 3.8) is 0 Å². The van der Waals surface area contributed by atoms with Crippen molar-refractivity contribution in [2.45, 2.75) is 0 Å². The van der Waals surface area contributed by atoms with E-state index >= 15 is 0 Å². The lowest BCUT2D eigenvalue weighted by Crippen LogP contribution is -2.22. The van der Waals surface area contributed by atoms with E-state index in [9.17, 15) is 0 Å². The SMILES string of the molecule is NN=C(N)COc1ccccc1. The van der Waals surface area contributed by atoms with Crippen LogP contribution in [0.5, 0.6) is 5.75 Å². The van der Waals surface area contributed by atoms with Crippen LogP contribution in [-0.2, 0) is 0 Å². The minimum absolute atomic E-state index is 0.223. The van der Waals surface area contributed by atoms with Gasteiger partial charge in [-0.15, -0.1) is 0 Å². The normalized spacial score (nSPS) is 11.2. The van der Waals surface area contributed by atoms with Crippen LogP contribution in [0.4, 0.5) is 0 Å². The van der Waals surface area contributed by atoms with Crippen LogP contribution >= 0.6 is 0 Å². The first-order chi connectivity index (χ1) is 5.83. The van der Waals surface area contributed by atoms with Gasteiger partial charge in [0.2, 0.25) is 0 Å². The highest BCUT2D eigenvalue weighted by atomic mass is 16.5. The van der Waals surface area contributed by atoms with Crippen LogP contribution in [-0.4, -0.2) is 12.4 Å². The highest BCUT2D eigenvalue weighted by Gasteiger charge is 1.93. The molecule has 0 aliphatic rings. The van der Waals surface area contributed by atoms with Crippen molar-refractivity contribution in [2.24, 2.45) is 16.7 Å². The van der Waals surface area contributed by atoms with Gasteiger partial charge in [0, 0.05) is 0 Å². The van der Waals surface area contributed by atoms with Gasteiger partial charge in [-0.25, -0.2) is 0 Å². The summed E-state index contributed by atoms with van der Waals surface area (Å²) in [5.41, 5.74) is 5.32. The van der Waals surface area contributed by atoms with E-state index in [1.807, 2.05) is 30.3 Å². The Balaban J connectivity index is 2.44. The fraction of sp³-hybridized carbons (Fsp3) is 0.125. The van der Waals surface area contributed by atoms with Crippen molar-refractivity contribution in [1.29, 1.82) is 0 Å². The molecule has 0 aromatic heterocycles. The molecule has 12 heavy (non-hydrogen) atoms. The molecule has 4 N–H and O–H groups in total. The summed E-state index contributed by atoms with van der Waals surface area (Å²) >= 11 is 0. The molecule has 0 aliphatic heterocycles. The zero-order valence-electron chi connectivity index (χ0n) is 6.60. The third-order valence-electron chi connectivity index (χ3n) is 1.30. The molecule has 1 aromatic carbocycles. The van der Waals surface area contributed by atoms with Crippen molar-refractivity contribution < 1.29 is 4.74 Å². The van der Waals surface area contributed by atoms with E-state index in [0.717, 1.165) is 5.75 Å². The number of benzene rings is 1. The van der Waals surface area contributed by atoms with Gasteiger partial charge in [-0.3, -0.25) is 0 Å². The Labute approximate surface area is 70.8 Å². The summed E-state index contributed by atoms with van der Waals surface area (Å²) in [4.78, 5) is 0. The van der Waals surface area contributed by atoms with Crippen LogP contribution in [0.15, 0.2) is 35.4 Å². The number of nitrogens with zero attached hydrogens (tertiary/aromatic N) is 1. The molecule has 0 heterocycles. The summed E-state index contributed by atoms with van der Waals surface area (Å²) in [5.74, 6) is 5.95. The summed E-state index contributed by atoms with van der Waals surface area (Å²) in [6.07, 6.45) is 0. The molecule has 0 aliphatic carbocycles. The topological polar surface area (TPSA) is 73.6 Å². The molecule has 0 unspecified atom stereocenters. The second kappa shape index (κ2) is 4.23. The predicted octanol–water partition coefficient (Wildman–Crippen LogP) is 0.296.